The Morgan fingerprint density at radius 1 is 1.00 bits per heavy atom. The summed E-state index contributed by atoms with van der Waals surface area (Å²) >= 11 is 10.8. The topological polar surface area (TPSA) is 87.7 Å². The zero-order valence-corrected chi connectivity index (χ0v) is 25.6. The number of carbonyl (C=O) groups is 3. The van der Waals surface area contributed by atoms with Gasteiger partial charge in [0.15, 0.2) is 0 Å². The first-order valence-electron chi connectivity index (χ1n) is 13.3. The number of carbonyl (C=O) groups excluding carboxylic acids is 3. The molecule has 0 spiro atoms. The Labute approximate surface area is 243 Å². The first-order valence-corrected chi connectivity index (χ1v) is 14.3. The summed E-state index contributed by atoms with van der Waals surface area (Å²) in [6.45, 7) is 13.2. The van der Waals surface area contributed by atoms with E-state index in [9.17, 15) is 14.4 Å². The maximum Gasteiger partial charge on any atom is 0.408 e. The summed E-state index contributed by atoms with van der Waals surface area (Å²) in [5, 5.41) is 6.02. The first kappa shape index (κ1) is 32.5. The molecular weight excluding hydrogens is 534 g/mol. The molecule has 0 heterocycles. The van der Waals surface area contributed by atoms with Crippen molar-refractivity contribution in [3.63, 3.8) is 0 Å². The molecule has 0 aliphatic rings. The molecule has 7 nitrogen and oxygen atoms in total. The number of para-hydroxylation sites is 1. The van der Waals surface area contributed by atoms with Gasteiger partial charge in [-0.1, -0.05) is 67.9 Å². The fourth-order valence-electron chi connectivity index (χ4n) is 4.18. The van der Waals surface area contributed by atoms with Crippen molar-refractivity contribution in [2.45, 2.75) is 85.0 Å². The summed E-state index contributed by atoms with van der Waals surface area (Å²) in [7, 11) is 0. The van der Waals surface area contributed by atoms with E-state index in [0.29, 0.717) is 28.6 Å². The average molecular weight is 576 g/mol. The van der Waals surface area contributed by atoms with E-state index in [2.05, 4.69) is 37.1 Å². The summed E-state index contributed by atoms with van der Waals surface area (Å²) in [6.07, 6.45) is 0.789. The Morgan fingerprint density at radius 3 is 2.18 bits per heavy atom. The van der Waals surface area contributed by atoms with Gasteiger partial charge in [0.25, 0.3) is 5.91 Å². The van der Waals surface area contributed by atoms with E-state index in [1.807, 2.05) is 56.3 Å². The zero-order valence-electron chi connectivity index (χ0n) is 24.0. The molecule has 0 aliphatic heterocycles. The van der Waals surface area contributed by atoms with E-state index in [0.717, 1.165) is 12.0 Å². The van der Waals surface area contributed by atoms with Crippen molar-refractivity contribution in [1.29, 1.82) is 0 Å². The van der Waals surface area contributed by atoms with Gasteiger partial charge in [-0.15, -0.1) is 0 Å². The summed E-state index contributed by atoms with van der Waals surface area (Å²) in [6, 6.07) is 12.2. The molecule has 0 fully saturated rings. The summed E-state index contributed by atoms with van der Waals surface area (Å²) in [5.41, 5.74) is 1.19. The van der Waals surface area contributed by atoms with Gasteiger partial charge < -0.3 is 20.3 Å². The van der Waals surface area contributed by atoms with Crippen LogP contribution in [0.2, 0.25) is 5.02 Å². The second kappa shape index (κ2) is 14.6. The molecule has 0 aromatic heterocycles. The predicted octanol–water partition coefficient (Wildman–Crippen LogP) is 6.80. The number of alkyl carbamates (subject to hydrolysis) is 1. The largest absolute Gasteiger partial charge is 0.444 e. The minimum atomic E-state index is -1.01. The fourth-order valence-corrected chi connectivity index (χ4v) is 4.70. The number of halogens is 1. The molecule has 39 heavy (non-hydrogen) atoms. The number of nitrogens with one attached hydrogen (secondary N) is 2. The van der Waals surface area contributed by atoms with E-state index >= 15 is 0 Å². The van der Waals surface area contributed by atoms with Gasteiger partial charge in [-0.05, 0) is 70.6 Å². The van der Waals surface area contributed by atoms with Crippen LogP contribution < -0.4 is 10.6 Å². The second-order valence-electron chi connectivity index (χ2n) is 11.2. The van der Waals surface area contributed by atoms with Crippen LogP contribution in [0.5, 0.6) is 0 Å². The van der Waals surface area contributed by atoms with Crippen molar-refractivity contribution >= 4 is 47.8 Å². The van der Waals surface area contributed by atoms with E-state index < -0.39 is 35.6 Å². The highest BCUT2D eigenvalue weighted by atomic mass is 35.5. The quantitative estimate of drug-likeness (QED) is 0.257. The lowest BCUT2D eigenvalue weighted by molar-refractivity contribution is -0.143. The molecule has 2 aromatic rings. The van der Waals surface area contributed by atoms with Crippen molar-refractivity contribution in [3.05, 3.63) is 64.7 Å². The lowest BCUT2D eigenvalue weighted by Crippen LogP contribution is -2.55. The highest BCUT2D eigenvalue weighted by Crippen LogP contribution is 2.31. The maximum absolute atomic E-state index is 14.2. The first-order chi connectivity index (χ1) is 18.2. The van der Waals surface area contributed by atoms with Crippen LogP contribution in [-0.2, 0) is 14.3 Å². The molecule has 9 heteroatoms. The third kappa shape index (κ3) is 9.76. The highest BCUT2D eigenvalue weighted by Gasteiger charge is 2.38. The third-order valence-corrected chi connectivity index (χ3v) is 6.85. The number of ether oxygens (including phenoxy) is 1. The van der Waals surface area contributed by atoms with E-state index in [1.165, 1.54) is 0 Å². The van der Waals surface area contributed by atoms with E-state index in [-0.39, 0.29) is 11.8 Å². The van der Waals surface area contributed by atoms with Crippen molar-refractivity contribution in [2.24, 2.45) is 5.92 Å². The molecule has 3 atom stereocenters. The molecule has 2 rings (SSSR count). The lowest BCUT2D eigenvalue weighted by atomic mass is 9.97. The molecule has 0 radical (unpaired) electrons. The SMILES string of the molecule is Cc1cccc(Cl)c1NC(=O)C(c1ccccc1)N(C(=O)C(CS)NC(=O)OC(C)(C)C)C(C)CCC(C)C. The normalized spacial score (nSPS) is 13.8. The summed E-state index contributed by atoms with van der Waals surface area (Å²) in [5.74, 6) is -0.401. The second-order valence-corrected chi connectivity index (χ2v) is 12.0. The lowest BCUT2D eigenvalue weighted by Gasteiger charge is -2.38. The molecule has 214 valence electrons. The van der Waals surface area contributed by atoms with Gasteiger partial charge in [0.2, 0.25) is 5.91 Å². The molecule has 3 amide bonds. The Kier molecular flexibility index (Phi) is 12.2. The summed E-state index contributed by atoms with van der Waals surface area (Å²) < 4.78 is 5.39. The standard InChI is InChI=1S/C30H42ClN3O4S/c1-19(2)16-17-21(4)34(28(36)24(18-39)32-29(37)38-30(5,6)7)26(22-13-9-8-10-14-22)27(35)33-25-20(3)12-11-15-23(25)31/h8-15,19,21,24,26,39H,16-18H2,1-7H3,(H,32,37)(H,33,35). The molecular formula is C30H42ClN3O4S. The number of nitrogens with zero attached hydrogens (tertiary/aromatic N) is 1. The maximum atomic E-state index is 14.2. The van der Waals surface area contributed by atoms with Crippen LogP contribution in [0.4, 0.5) is 10.5 Å². The zero-order chi connectivity index (χ0) is 29.3. The van der Waals surface area contributed by atoms with Gasteiger partial charge in [0.05, 0.1) is 10.7 Å². The minimum absolute atomic E-state index is 0.0260. The van der Waals surface area contributed by atoms with Gasteiger partial charge in [0.1, 0.15) is 17.7 Å². The fraction of sp³-hybridized carbons (Fsp3) is 0.500. The number of anilines is 1. The van der Waals surface area contributed by atoms with Crippen molar-refractivity contribution < 1.29 is 19.1 Å². The molecule has 3 unspecified atom stereocenters. The van der Waals surface area contributed by atoms with Crippen LogP contribution in [0, 0.1) is 12.8 Å². The Balaban J connectivity index is 2.56. The monoisotopic (exact) mass is 575 g/mol. The average Bonchev–Trinajstić information content (AvgIpc) is 2.85. The van der Waals surface area contributed by atoms with Crippen LogP contribution in [0.25, 0.3) is 0 Å². The predicted molar refractivity (Wildman–Crippen MR) is 161 cm³/mol. The van der Waals surface area contributed by atoms with Crippen LogP contribution in [-0.4, -0.2) is 46.2 Å². The molecule has 0 saturated carbocycles. The molecule has 0 saturated heterocycles. The molecule has 0 aliphatic carbocycles. The number of thiol groups is 1. The molecule has 0 bridgehead atoms. The van der Waals surface area contributed by atoms with Gasteiger partial charge in [-0.25, -0.2) is 4.79 Å². The van der Waals surface area contributed by atoms with Crippen molar-refractivity contribution in [2.75, 3.05) is 11.1 Å². The number of aryl methyl sites for hydroxylation is 1. The Bertz CT molecular complexity index is 1100. The van der Waals surface area contributed by atoms with E-state index in [1.54, 1.807) is 31.7 Å². The number of rotatable bonds is 11. The summed E-state index contributed by atoms with van der Waals surface area (Å²) in [4.78, 5) is 42.4. The van der Waals surface area contributed by atoms with Crippen LogP contribution in [0.3, 0.4) is 0 Å². The smallest absolute Gasteiger partial charge is 0.408 e. The third-order valence-electron chi connectivity index (χ3n) is 6.17. The number of hydrogen-bond acceptors (Lipinski definition) is 5. The molecule has 2 aromatic carbocycles. The van der Waals surface area contributed by atoms with Crippen molar-refractivity contribution in [1.82, 2.24) is 10.2 Å². The highest BCUT2D eigenvalue weighted by molar-refractivity contribution is 7.80. The number of hydrogen-bond donors (Lipinski definition) is 3. The van der Waals surface area contributed by atoms with Gasteiger partial charge in [0, 0.05) is 11.8 Å². The Hall–Kier alpha value is -2.71. The van der Waals surface area contributed by atoms with Gasteiger partial charge >= 0.3 is 6.09 Å². The Morgan fingerprint density at radius 2 is 1.64 bits per heavy atom. The number of benzene rings is 2. The van der Waals surface area contributed by atoms with Crippen molar-refractivity contribution in [3.8, 4) is 0 Å². The van der Waals surface area contributed by atoms with E-state index in [4.69, 9.17) is 16.3 Å². The van der Waals surface area contributed by atoms with Gasteiger partial charge in [-0.2, -0.15) is 12.6 Å². The molecule has 2 N–H and O–H groups in total. The van der Waals surface area contributed by atoms with Crippen LogP contribution in [0.1, 0.15) is 71.6 Å². The minimum Gasteiger partial charge on any atom is -0.444 e. The number of amides is 3. The van der Waals surface area contributed by atoms with Crippen LogP contribution >= 0.6 is 24.2 Å². The van der Waals surface area contributed by atoms with Crippen LogP contribution in [0.15, 0.2) is 48.5 Å². The van der Waals surface area contributed by atoms with Gasteiger partial charge in [-0.3, -0.25) is 9.59 Å².